The maximum absolute atomic E-state index is 11.4. The monoisotopic (exact) mass is 259 g/mol. The van der Waals surface area contributed by atoms with Gasteiger partial charge in [0.25, 0.3) is 0 Å². The zero-order valence-electron chi connectivity index (χ0n) is 10.6. The van der Waals surface area contributed by atoms with Crippen molar-refractivity contribution in [3.63, 3.8) is 0 Å². The minimum Gasteiger partial charge on any atom is -0.464 e. The molecule has 0 spiro atoms. The molecule has 0 saturated carbocycles. The van der Waals surface area contributed by atoms with Gasteiger partial charge in [-0.15, -0.1) is 0 Å². The summed E-state index contributed by atoms with van der Waals surface area (Å²) in [7, 11) is 1.16. The smallest absolute Gasteiger partial charge is 0.360 e. The summed E-state index contributed by atoms with van der Waals surface area (Å²) in [6.07, 6.45) is 1.72. The van der Waals surface area contributed by atoms with Crippen molar-refractivity contribution in [2.45, 2.75) is 6.92 Å². The third kappa shape index (κ3) is 3.99. The van der Waals surface area contributed by atoms with Crippen molar-refractivity contribution in [2.24, 2.45) is 4.99 Å². The lowest BCUT2D eigenvalue weighted by Gasteiger charge is -2.04. The summed E-state index contributed by atoms with van der Waals surface area (Å²) in [6.45, 7) is 1.21. The summed E-state index contributed by atoms with van der Waals surface area (Å²) < 4.78 is 4.48. The van der Waals surface area contributed by atoms with Crippen molar-refractivity contribution in [1.29, 1.82) is 0 Å². The lowest BCUT2D eigenvalue weighted by Crippen LogP contribution is -2.23. The van der Waals surface area contributed by atoms with Gasteiger partial charge in [-0.3, -0.25) is 9.59 Å². The van der Waals surface area contributed by atoms with Gasteiger partial charge in [-0.25, -0.2) is 9.79 Å². The molecule has 0 aliphatic rings. The van der Waals surface area contributed by atoms with Crippen LogP contribution in [0.1, 0.15) is 12.5 Å². The number of hydrogen-bond donors (Lipinski definition) is 0. The van der Waals surface area contributed by atoms with Crippen molar-refractivity contribution >= 4 is 29.4 Å². The number of ether oxygens (including phenoxy) is 1. The summed E-state index contributed by atoms with van der Waals surface area (Å²) in [6, 6.07) is 8.75. The van der Waals surface area contributed by atoms with E-state index in [0.717, 1.165) is 7.11 Å². The number of aliphatic imine (C=N–C) groups is 1. The second-order valence-corrected chi connectivity index (χ2v) is 3.56. The molecule has 0 radical (unpaired) electrons. The molecule has 0 saturated heterocycles. The van der Waals surface area contributed by atoms with Gasteiger partial charge in [0.15, 0.2) is 11.5 Å². The van der Waals surface area contributed by atoms with E-state index in [2.05, 4.69) is 9.73 Å². The van der Waals surface area contributed by atoms with Gasteiger partial charge in [0.05, 0.1) is 12.8 Å². The third-order valence-corrected chi connectivity index (χ3v) is 2.24. The van der Waals surface area contributed by atoms with E-state index in [1.165, 1.54) is 13.0 Å². The second kappa shape index (κ2) is 7.00. The topological polar surface area (TPSA) is 72.8 Å². The molecule has 98 valence electrons. The SMILES string of the molecule is COC(=O)C(=N/C(=C\C=O)c1ccccc1)C(C)=O. The molecule has 0 heterocycles. The molecule has 0 N–H and O–H groups in total. The molecule has 0 aliphatic carbocycles. The Balaban J connectivity index is 3.28. The van der Waals surface area contributed by atoms with Gasteiger partial charge in [-0.1, -0.05) is 30.3 Å². The van der Waals surface area contributed by atoms with Crippen LogP contribution in [-0.4, -0.2) is 30.9 Å². The van der Waals surface area contributed by atoms with E-state index < -0.39 is 11.8 Å². The van der Waals surface area contributed by atoms with Crippen molar-refractivity contribution in [3.05, 3.63) is 42.0 Å². The van der Waals surface area contributed by atoms with E-state index in [-0.39, 0.29) is 11.4 Å². The fraction of sp³-hybridized carbons (Fsp3) is 0.143. The number of allylic oxidation sites excluding steroid dienone is 1. The molecule has 5 heteroatoms. The first-order valence-corrected chi connectivity index (χ1v) is 5.49. The highest BCUT2D eigenvalue weighted by atomic mass is 16.5. The van der Waals surface area contributed by atoms with Gasteiger partial charge >= 0.3 is 5.97 Å². The maximum atomic E-state index is 11.4. The van der Waals surface area contributed by atoms with E-state index in [4.69, 9.17) is 0 Å². The Labute approximate surface area is 110 Å². The number of hydrogen-bond acceptors (Lipinski definition) is 5. The average Bonchev–Trinajstić information content (AvgIpc) is 2.43. The molecule has 5 nitrogen and oxygen atoms in total. The molecular weight excluding hydrogens is 246 g/mol. The van der Waals surface area contributed by atoms with Crippen LogP contribution in [0, 0.1) is 0 Å². The van der Waals surface area contributed by atoms with Crippen molar-refractivity contribution in [1.82, 2.24) is 0 Å². The normalized spacial score (nSPS) is 11.9. The number of rotatable bonds is 5. The number of esters is 1. The van der Waals surface area contributed by atoms with Gasteiger partial charge in [0, 0.05) is 18.6 Å². The Kier molecular flexibility index (Phi) is 5.35. The molecule has 0 amide bonds. The van der Waals surface area contributed by atoms with E-state index >= 15 is 0 Å². The summed E-state index contributed by atoms with van der Waals surface area (Å²) >= 11 is 0. The summed E-state index contributed by atoms with van der Waals surface area (Å²) in [4.78, 5) is 37.4. The molecule has 0 unspecified atom stereocenters. The fourth-order valence-electron chi connectivity index (χ4n) is 1.36. The minimum atomic E-state index is -0.833. The molecule has 0 bridgehead atoms. The Morgan fingerprint density at radius 1 is 1.21 bits per heavy atom. The lowest BCUT2D eigenvalue weighted by atomic mass is 10.1. The van der Waals surface area contributed by atoms with Gasteiger partial charge in [-0.05, 0) is 0 Å². The molecule has 0 fully saturated rings. The first-order valence-electron chi connectivity index (χ1n) is 5.49. The first-order chi connectivity index (χ1) is 9.10. The Morgan fingerprint density at radius 3 is 2.32 bits per heavy atom. The zero-order chi connectivity index (χ0) is 14.3. The molecule has 1 aromatic carbocycles. The number of aldehydes is 1. The van der Waals surface area contributed by atoms with E-state index in [1.54, 1.807) is 30.3 Å². The summed E-state index contributed by atoms with van der Waals surface area (Å²) in [5.41, 5.74) is 0.503. The van der Waals surface area contributed by atoms with Crippen LogP contribution in [0.4, 0.5) is 0 Å². The minimum absolute atomic E-state index is 0.228. The van der Waals surface area contributed by atoms with Crippen LogP contribution in [0.15, 0.2) is 41.4 Å². The number of ketones is 1. The Hall–Kier alpha value is -2.56. The van der Waals surface area contributed by atoms with Crippen LogP contribution in [0.2, 0.25) is 0 Å². The Morgan fingerprint density at radius 2 is 1.84 bits per heavy atom. The predicted octanol–water partition coefficient (Wildman–Crippen LogP) is 1.43. The molecule has 0 aliphatic heterocycles. The van der Waals surface area contributed by atoms with E-state index in [9.17, 15) is 14.4 Å². The van der Waals surface area contributed by atoms with Crippen LogP contribution in [0.3, 0.4) is 0 Å². The van der Waals surface area contributed by atoms with Crippen molar-refractivity contribution in [2.75, 3.05) is 7.11 Å². The Bertz CT molecular complexity index is 544. The van der Waals surface area contributed by atoms with Crippen LogP contribution >= 0.6 is 0 Å². The summed E-state index contributed by atoms with van der Waals surface area (Å²) in [5, 5.41) is 0. The second-order valence-electron chi connectivity index (χ2n) is 3.56. The highest BCUT2D eigenvalue weighted by Gasteiger charge is 2.18. The zero-order valence-corrected chi connectivity index (χ0v) is 10.6. The molecule has 1 rings (SSSR count). The third-order valence-electron chi connectivity index (χ3n) is 2.24. The quantitative estimate of drug-likeness (QED) is 0.263. The van der Waals surface area contributed by atoms with Crippen LogP contribution in [-0.2, 0) is 19.1 Å². The van der Waals surface area contributed by atoms with Crippen LogP contribution < -0.4 is 0 Å². The standard InChI is InChI=1S/C14H13NO4/c1-10(17)13(14(18)19-2)15-12(8-9-16)11-6-4-3-5-7-11/h3-9H,1-2H3/b12-8-,15-13?. The van der Waals surface area contributed by atoms with Crippen LogP contribution in [0.25, 0.3) is 5.70 Å². The molecule has 19 heavy (non-hydrogen) atoms. The number of benzene rings is 1. The number of carbonyl (C=O) groups excluding carboxylic acids is 3. The molecule has 0 aromatic heterocycles. The predicted molar refractivity (Wildman–Crippen MR) is 70.6 cm³/mol. The molecule has 1 aromatic rings. The lowest BCUT2D eigenvalue weighted by molar-refractivity contribution is -0.133. The highest BCUT2D eigenvalue weighted by molar-refractivity contribution is 6.64. The van der Waals surface area contributed by atoms with Gasteiger partial charge in [-0.2, -0.15) is 0 Å². The fourth-order valence-corrected chi connectivity index (χ4v) is 1.36. The van der Waals surface area contributed by atoms with Crippen molar-refractivity contribution in [3.8, 4) is 0 Å². The average molecular weight is 259 g/mol. The van der Waals surface area contributed by atoms with Gasteiger partial charge in [0.2, 0.25) is 0 Å². The van der Waals surface area contributed by atoms with E-state index in [0.29, 0.717) is 11.8 Å². The highest BCUT2D eigenvalue weighted by Crippen LogP contribution is 2.15. The first kappa shape index (κ1) is 14.5. The number of methoxy groups -OCH3 is 1. The van der Waals surface area contributed by atoms with Crippen molar-refractivity contribution < 1.29 is 19.1 Å². The number of nitrogens with zero attached hydrogens (tertiary/aromatic N) is 1. The van der Waals surface area contributed by atoms with Gasteiger partial charge in [0.1, 0.15) is 6.29 Å². The molecule has 0 atom stereocenters. The molecular formula is C14H13NO4. The number of carbonyl (C=O) groups is 3. The summed E-state index contributed by atoms with van der Waals surface area (Å²) in [5.74, 6) is -1.36. The van der Waals surface area contributed by atoms with Crippen LogP contribution in [0.5, 0.6) is 0 Å². The maximum Gasteiger partial charge on any atom is 0.360 e. The largest absolute Gasteiger partial charge is 0.464 e. The van der Waals surface area contributed by atoms with E-state index in [1.807, 2.05) is 0 Å². The van der Waals surface area contributed by atoms with Gasteiger partial charge < -0.3 is 4.74 Å². The number of Topliss-reactive ketones (excluding diaryl/α,β-unsaturated/α-hetero) is 1.